The summed E-state index contributed by atoms with van der Waals surface area (Å²) in [6, 6.07) is 3.18. The van der Waals surface area contributed by atoms with Gasteiger partial charge >= 0.3 is 0 Å². The van der Waals surface area contributed by atoms with Crippen LogP contribution in [-0.2, 0) is 4.74 Å². The number of nitrogens with two attached hydrogens (primary N) is 1. The predicted molar refractivity (Wildman–Crippen MR) is 65.8 cm³/mol. The molecule has 0 saturated carbocycles. The Balaban J connectivity index is 2.11. The van der Waals surface area contributed by atoms with E-state index in [9.17, 15) is 4.79 Å². The normalized spacial score (nSPS) is 14.3. The molecule has 0 aliphatic carbocycles. The van der Waals surface area contributed by atoms with Crippen LogP contribution in [0.25, 0.3) is 0 Å². The molecule has 1 heterocycles. The number of fused-ring (bicyclic) bond motifs is 1. The van der Waals surface area contributed by atoms with Crippen molar-refractivity contribution in [2.75, 3.05) is 26.2 Å². The Labute approximate surface area is 105 Å². The minimum atomic E-state index is -0.255. The highest BCUT2D eigenvalue weighted by molar-refractivity contribution is 6.00. The highest BCUT2D eigenvalue weighted by atomic mass is 16.7. The Hall–Kier alpha value is -1.95. The Bertz CT molecular complexity index is 462. The third kappa shape index (κ3) is 2.48. The molecule has 0 fully saturated rings. The fourth-order valence-corrected chi connectivity index (χ4v) is 1.57. The van der Waals surface area contributed by atoms with E-state index in [0.29, 0.717) is 29.3 Å². The molecule has 1 aromatic carbocycles. The standard InChI is InChI=1S/C12H16N2O4/c1-7(16-2)5-14-12(15)8-3-10-11(4-9(8)13)18-6-17-10/h3-4,7H,5-6,13H2,1-2H3,(H,14,15). The number of ether oxygens (including phenoxy) is 3. The van der Waals surface area contributed by atoms with Crippen LogP contribution < -0.4 is 20.5 Å². The second-order valence-corrected chi connectivity index (χ2v) is 4.05. The third-order valence-electron chi connectivity index (χ3n) is 2.74. The van der Waals surface area contributed by atoms with Crippen molar-refractivity contribution in [3.8, 4) is 11.5 Å². The van der Waals surface area contributed by atoms with Gasteiger partial charge < -0.3 is 25.3 Å². The molecule has 1 atom stereocenters. The van der Waals surface area contributed by atoms with Gasteiger partial charge in [-0.2, -0.15) is 0 Å². The SMILES string of the molecule is COC(C)CNC(=O)c1cc2c(cc1N)OCO2. The number of nitrogens with one attached hydrogen (secondary N) is 1. The van der Waals surface area contributed by atoms with Gasteiger partial charge in [-0.05, 0) is 13.0 Å². The topological polar surface area (TPSA) is 82.8 Å². The molecule has 98 valence electrons. The van der Waals surface area contributed by atoms with Gasteiger partial charge in [0.15, 0.2) is 11.5 Å². The van der Waals surface area contributed by atoms with Crippen molar-refractivity contribution in [3.05, 3.63) is 17.7 Å². The van der Waals surface area contributed by atoms with E-state index < -0.39 is 0 Å². The zero-order chi connectivity index (χ0) is 13.1. The van der Waals surface area contributed by atoms with E-state index in [1.165, 1.54) is 0 Å². The lowest BCUT2D eigenvalue weighted by Gasteiger charge is -2.12. The van der Waals surface area contributed by atoms with Gasteiger partial charge in [-0.15, -0.1) is 0 Å². The Morgan fingerprint density at radius 3 is 2.83 bits per heavy atom. The van der Waals surface area contributed by atoms with Crippen molar-refractivity contribution in [1.29, 1.82) is 0 Å². The summed E-state index contributed by atoms with van der Waals surface area (Å²) in [5.41, 5.74) is 6.55. The average Bonchev–Trinajstić information content (AvgIpc) is 2.81. The Kier molecular flexibility index (Phi) is 3.57. The van der Waals surface area contributed by atoms with E-state index in [4.69, 9.17) is 19.9 Å². The van der Waals surface area contributed by atoms with Crippen molar-refractivity contribution < 1.29 is 19.0 Å². The lowest BCUT2D eigenvalue weighted by atomic mass is 10.1. The van der Waals surface area contributed by atoms with E-state index in [0.717, 1.165) is 0 Å². The number of nitrogen functional groups attached to an aromatic ring is 1. The van der Waals surface area contributed by atoms with Gasteiger partial charge in [-0.1, -0.05) is 0 Å². The van der Waals surface area contributed by atoms with Crippen molar-refractivity contribution >= 4 is 11.6 Å². The molecular weight excluding hydrogens is 236 g/mol. The van der Waals surface area contributed by atoms with E-state index in [-0.39, 0.29) is 18.8 Å². The molecule has 18 heavy (non-hydrogen) atoms. The quantitative estimate of drug-likeness (QED) is 0.773. The number of rotatable bonds is 4. The summed E-state index contributed by atoms with van der Waals surface area (Å²) in [5, 5.41) is 2.74. The number of hydrogen-bond acceptors (Lipinski definition) is 5. The highest BCUT2D eigenvalue weighted by Gasteiger charge is 2.19. The summed E-state index contributed by atoms with van der Waals surface area (Å²) < 4.78 is 15.4. The van der Waals surface area contributed by atoms with E-state index in [1.54, 1.807) is 19.2 Å². The van der Waals surface area contributed by atoms with Gasteiger partial charge in [0.25, 0.3) is 5.91 Å². The molecule has 6 nitrogen and oxygen atoms in total. The lowest BCUT2D eigenvalue weighted by molar-refractivity contribution is 0.0871. The first-order valence-corrected chi connectivity index (χ1v) is 5.62. The van der Waals surface area contributed by atoms with Crippen molar-refractivity contribution in [3.63, 3.8) is 0 Å². The largest absolute Gasteiger partial charge is 0.454 e. The number of benzene rings is 1. The van der Waals surface area contributed by atoms with Crippen LogP contribution in [-0.4, -0.2) is 32.5 Å². The van der Waals surface area contributed by atoms with Gasteiger partial charge in [0.1, 0.15) is 0 Å². The Morgan fingerprint density at radius 1 is 1.50 bits per heavy atom. The number of amides is 1. The van der Waals surface area contributed by atoms with Crippen LogP contribution in [0.4, 0.5) is 5.69 Å². The minimum Gasteiger partial charge on any atom is -0.454 e. The first kappa shape index (κ1) is 12.5. The van der Waals surface area contributed by atoms with E-state index in [1.807, 2.05) is 6.92 Å². The summed E-state index contributed by atoms with van der Waals surface area (Å²) in [6.07, 6.45) is -0.0517. The Morgan fingerprint density at radius 2 is 2.17 bits per heavy atom. The summed E-state index contributed by atoms with van der Waals surface area (Å²) in [6.45, 7) is 2.44. The molecule has 1 aliphatic heterocycles. The smallest absolute Gasteiger partial charge is 0.253 e. The van der Waals surface area contributed by atoms with Gasteiger partial charge in [0, 0.05) is 25.4 Å². The van der Waals surface area contributed by atoms with Gasteiger partial charge in [0.05, 0.1) is 11.7 Å². The maximum atomic E-state index is 11.9. The van der Waals surface area contributed by atoms with Crippen LogP contribution in [0.3, 0.4) is 0 Å². The van der Waals surface area contributed by atoms with E-state index >= 15 is 0 Å². The highest BCUT2D eigenvalue weighted by Crippen LogP contribution is 2.35. The zero-order valence-corrected chi connectivity index (χ0v) is 10.4. The molecule has 0 saturated heterocycles. The molecular formula is C12H16N2O4. The second-order valence-electron chi connectivity index (χ2n) is 4.05. The first-order valence-electron chi connectivity index (χ1n) is 5.62. The third-order valence-corrected chi connectivity index (χ3v) is 2.74. The van der Waals surface area contributed by atoms with Crippen molar-refractivity contribution in [1.82, 2.24) is 5.32 Å². The maximum Gasteiger partial charge on any atom is 0.253 e. The fraction of sp³-hybridized carbons (Fsp3) is 0.417. The molecule has 1 unspecified atom stereocenters. The number of carbonyl (C=O) groups is 1. The number of anilines is 1. The molecule has 1 amide bonds. The van der Waals surface area contributed by atoms with Crippen LogP contribution in [0.1, 0.15) is 17.3 Å². The summed E-state index contributed by atoms with van der Waals surface area (Å²) in [7, 11) is 1.59. The predicted octanol–water partition coefficient (Wildman–Crippen LogP) is 0.762. The van der Waals surface area contributed by atoms with Crippen LogP contribution in [0.5, 0.6) is 11.5 Å². The summed E-state index contributed by atoms with van der Waals surface area (Å²) >= 11 is 0. The summed E-state index contributed by atoms with van der Waals surface area (Å²) in [4.78, 5) is 11.9. The molecule has 0 bridgehead atoms. The average molecular weight is 252 g/mol. The lowest BCUT2D eigenvalue weighted by Crippen LogP contribution is -2.32. The molecule has 0 aromatic heterocycles. The van der Waals surface area contributed by atoms with Gasteiger partial charge in [0.2, 0.25) is 6.79 Å². The number of hydrogen-bond donors (Lipinski definition) is 2. The molecule has 3 N–H and O–H groups in total. The monoisotopic (exact) mass is 252 g/mol. The minimum absolute atomic E-state index is 0.0517. The fourth-order valence-electron chi connectivity index (χ4n) is 1.57. The zero-order valence-electron chi connectivity index (χ0n) is 10.4. The molecule has 2 rings (SSSR count). The van der Waals surface area contributed by atoms with Gasteiger partial charge in [-0.3, -0.25) is 4.79 Å². The molecule has 0 radical (unpaired) electrons. The van der Waals surface area contributed by atoms with Crippen LogP contribution in [0.15, 0.2) is 12.1 Å². The van der Waals surface area contributed by atoms with E-state index in [2.05, 4.69) is 5.32 Å². The molecule has 1 aromatic rings. The van der Waals surface area contributed by atoms with Crippen molar-refractivity contribution in [2.45, 2.75) is 13.0 Å². The number of carbonyl (C=O) groups excluding carboxylic acids is 1. The molecule has 0 spiro atoms. The first-order chi connectivity index (χ1) is 8.61. The second kappa shape index (κ2) is 5.14. The van der Waals surface area contributed by atoms with Crippen LogP contribution >= 0.6 is 0 Å². The van der Waals surface area contributed by atoms with Gasteiger partial charge in [-0.25, -0.2) is 0 Å². The van der Waals surface area contributed by atoms with Crippen LogP contribution in [0, 0.1) is 0 Å². The summed E-state index contributed by atoms with van der Waals surface area (Å²) in [5.74, 6) is 0.846. The van der Waals surface area contributed by atoms with Crippen molar-refractivity contribution in [2.24, 2.45) is 0 Å². The number of methoxy groups -OCH3 is 1. The van der Waals surface area contributed by atoms with Crippen LogP contribution in [0.2, 0.25) is 0 Å². The molecule has 1 aliphatic rings. The maximum absolute atomic E-state index is 11.9. The molecule has 6 heteroatoms.